The van der Waals surface area contributed by atoms with E-state index in [1.165, 1.54) is 4.90 Å². The molecule has 2 N–H and O–H groups in total. The van der Waals surface area contributed by atoms with Crippen molar-refractivity contribution in [3.63, 3.8) is 0 Å². The van der Waals surface area contributed by atoms with Gasteiger partial charge >= 0.3 is 5.97 Å². The number of fused-ring (bicyclic) bond motifs is 1. The van der Waals surface area contributed by atoms with Gasteiger partial charge in [0, 0.05) is 49.9 Å². The molecule has 196 valence electrons. The molecule has 0 spiro atoms. The number of alkyl halides is 2. The number of rotatable bonds is 7. The summed E-state index contributed by atoms with van der Waals surface area (Å²) in [5, 5.41) is 10.1. The summed E-state index contributed by atoms with van der Waals surface area (Å²) >= 11 is 5.31. The van der Waals surface area contributed by atoms with Gasteiger partial charge in [-0.05, 0) is 53.1 Å². The summed E-state index contributed by atoms with van der Waals surface area (Å²) in [5.74, 6) is -0.937. The molecule has 1 fully saturated rings. The van der Waals surface area contributed by atoms with Gasteiger partial charge in [0.25, 0.3) is 11.5 Å². The SMILES string of the molecule is COc1ccc(CN2CCN(C(=O)C(F)Cl)CC2)cc1-c1cc2c(-c3ccc(C(=O)O)cc3)ccnc2[nH]1. The number of methoxy groups -OCH3 is 1. The Morgan fingerprint density at radius 3 is 2.47 bits per heavy atom. The van der Waals surface area contributed by atoms with Crippen molar-refractivity contribution in [1.29, 1.82) is 0 Å². The molecule has 0 saturated carbocycles. The Morgan fingerprint density at radius 2 is 1.82 bits per heavy atom. The Labute approximate surface area is 223 Å². The molecular weight excluding hydrogens is 511 g/mol. The summed E-state index contributed by atoms with van der Waals surface area (Å²) in [6, 6.07) is 16.7. The lowest BCUT2D eigenvalue weighted by Crippen LogP contribution is -2.49. The summed E-state index contributed by atoms with van der Waals surface area (Å²) in [4.78, 5) is 34.6. The number of piperazine rings is 1. The normalized spacial score (nSPS) is 15.0. The molecule has 0 radical (unpaired) electrons. The minimum atomic E-state index is -2.00. The summed E-state index contributed by atoms with van der Waals surface area (Å²) in [6.07, 6.45) is 1.72. The quantitative estimate of drug-likeness (QED) is 0.330. The first kappa shape index (κ1) is 25.7. The van der Waals surface area contributed by atoms with Crippen LogP contribution in [0.3, 0.4) is 0 Å². The first-order valence-corrected chi connectivity index (χ1v) is 12.6. The van der Waals surface area contributed by atoms with Crippen molar-refractivity contribution in [3.8, 4) is 28.1 Å². The summed E-state index contributed by atoms with van der Waals surface area (Å²) in [6.45, 7) is 2.77. The lowest BCUT2D eigenvalue weighted by Gasteiger charge is -2.34. The molecule has 4 aromatic rings. The van der Waals surface area contributed by atoms with Gasteiger partial charge < -0.3 is 19.7 Å². The Balaban J connectivity index is 1.41. The summed E-state index contributed by atoms with van der Waals surface area (Å²) in [7, 11) is 1.63. The molecule has 1 aliphatic heterocycles. The number of H-pyrrole nitrogens is 1. The molecule has 0 aliphatic carbocycles. The highest BCUT2D eigenvalue weighted by molar-refractivity contribution is 6.29. The zero-order chi connectivity index (χ0) is 26.8. The van der Waals surface area contributed by atoms with Crippen LogP contribution in [0.5, 0.6) is 5.75 Å². The standard InChI is InChI=1S/C28H26ClFN4O4/c1-38-24-7-2-17(16-33-10-12-34(13-11-33)27(35)25(29)30)14-22(24)23-15-21-20(8-9-31-26(21)32-23)18-3-5-19(6-4-18)28(36)37/h2-9,14-15,25H,10-13,16H2,1H3,(H,31,32)(H,36,37). The molecule has 5 rings (SSSR count). The van der Waals surface area contributed by atoms with Crippen molar-refractivity contribution in [2.75, 3.05) is 33.3 Å². The van der Waals surface area contributed by atoms with E-state index in [1.807, 2.05) is 24.3 Å². The summed E-state index contributed by atoms with van der Waals surface area (Å²) < 4.78 is 18.8. The molecule has 3 heterocycles. The number of aromatic nitrogens is 2. The van der Waals surface area contributed by atoms with E-state index >= 15 is 0 Å². The third-order valence-electron chi connectivity index (χ3n) is 6.81. The number of aromatic carboxylic acids is 1. The number of amides is 1. The molecule has 38 heavy (non-hydrogen) atoms. The number of pyridine rings is 1. The predicted octanol–water partition coefficient (Wildman–Crippen LogP) is 4.78. The molecule has 1 amide bonds. The van der Waals surface area contributed by atoms with E-state index in [1.54, 1.807) is 37.6 Å². The van der Waals surface area contributed by atoms with Gasteiger partial charge in [-0.3, -0.25) is 9.69 Å². The Hall–Kier alpha value is -3.95. The monoisotopic (exact) mass is 536 g/mol. The molecule has 10 heteroatoms. The van der Waals surface area contributed by atoms with Gasteiger partial charge in [0.05, 0.1) is 18.4 Å². The van der Waals surface area contributed by atoms with Gasteiger partial charge in [0.1, 0.15) is 11.4 Å². The maximum Gasteiger partial charge on any atom is 0.335 e. The topological polar surface area (TPSA) is 98.8 Å². The summed E-state index contributed by atoms with van der Waals surface area (Å²) in [5.41, 5.74) is 3.55. The average molecular weight is 537 g/mol. The minimum absolute atomic E-state index is 0.231. The number of carbonyl (C=O) groups is 2. The van der Waals surface area contributed by atoms with E-state index in [4.69, 9.17) is 16.3 Å². The number of halogens is 2. The number of nitrogens with zero attached hydrogens (tertiary/aromatic N) is 3. The third kappa shape index (κ3) is 5.20. The average Bonchev–Trinajstić information content (AvgIpc) is 3.37. The second kappa shape index (κ2) is 10.8. The fraction of sp³-hybridized carbons (Fsp3) is 0.250. The van der Waals surface area contributed by atoms with E-state index in [0.717, 1.165) is 33.3 Å². The Morgan fingerprint density at radius 1 is 1.08 bits per heavy atom. The minimum Gasteiger partial charge on any atom is -0.496 e. The molecule has 0 bridgehead atoms. The highest BCUT2D eigenvalue weighted by Crippen LogP contribution is 2.36. The third-order valence-corrected chi connectivity index (χ3v) is 6.99. The number of benzene rings is 2. The van der Waals surface area contributed by atoms with Gasteiger partial charge in [-0.15, -0.1) is 0 Å². The van der Waals surface area contributed by atoms with Gasteiger partial charge in [0.2, 0.25) is 0 Å². The van der Waals surface area contributed by atoms with Crippen LogP contribution in [0.25, 0.3) is 33.4 Å². The second-order valence-corrected chi connectivity index (χ2v) is 9.51. The zero-order valence-electron chi connectivity index (χ0n) is 20.7. The molecule has 8 nitrogen and oxygen atoms in total. The van der Waals surface area contributed by atoms with Crippen LogP contribution in [0.15, 0.2) is 60.8 Å². The maximum atomic E-state index is 13.2. The van der Waals surface area contributed by atoms with Crippen LogP contribution >= 0.6 is 11.6 Å². The Kier molecular flexibility index (Phi) is 7.31. The van der Waals surface area contributed by atoms with Crippen LogP contribution in [0.2, 0.25) is 0 Å². The van der Waals surface area contributed by atoms with E-state index in [-0.39, 0.29) is 5.56 Å². The fourth-order valence-corrected chi connectivity index (χ4v) is 4.94. The van der Waals surface area contributed by atoms with Crippen LogP contribution in [-0.4, -0.2) is 75.7 Å². The maximum absolute atomic E-state index is 13.2. The van der Waals surface area contributed by atoms with E-state index in [0.29, 0.717) is 44.1 Å². The van der Waals surface area contributed by atoms with Crippen LogP contribution in [-0.2, 0) is 11.3 Å². The van der Waals surface area contributed by atoms with Crippen LogP contribution in [0, 0.1) is 0 Å². The second-order valence-electron chi connectivity index (χ2n) is 9.12. The first-order chi connectivity index (χ1) is 18.3. The smallest absolute Gasteiger partial charge is 0.335 e. The largest absolute Gasteiger partial charge is 0.496 e. The number of hydrogen-bond donors (Lipinski definition) is 2. The van der Waals surface area contributed by atoms with Gasteiger partial charge in [-0.2, -0.15) is 0 Å². The van der Waals surface area contributed by atoms with Gasteiger partial charge in [0.15, 0.2) is 0 Å². The number of hydrogen-bond acceptors (Lipinski definition) is 5. The predicted molar refractivity (Wildman–Crippen MR) is 143 cm³/mol. The van der Waals surface area contributed by atoms with Crippen molar-refractivity contribution < 1.29 is 23.8 Å². The number of aromatic amines is 1. The molecule has 1 unspecified atom stereocenters. The van der Waals surface area contributed by atoms with Crippen LogP contribution in [0.4, 0.5) is 4.39 Å². The molecule has 1 atom stereocenters. The number of carboxylic acid groups (broad SMARTS) is 1. The molecule has 2 aromatic carbocycles. The van der Waals surface area contributed by atoms with Gasteiger partial charge in [-0.25, -0.2) is 14.2 Å². The van der Waals surface area contributed by atoms with Crippen molar-refractivity contribution >= 4 is 34.5 Å². The molecule has 2 aromatic heterocycles. The Bertz CT molecular complexity index is 1480. The van der Waals surface area contributed by atoms with Crippen LogP contribution in [0.1, 0.15) is 15.9 Å². The van der Waals surface area contributed by atoms with Crippen molar-refractivity contribution in [1.82, 2.24) is 19.8 Å². The number of carbonyl (C=O) groups excluding carboxylic acids is 1. The lowest BCUT2D eigenvalue weighted by molar-refractivity contribution is -0.135. The van der Waals surface area contributed by atoms with Crippen molar-refractivity contribution in [2.24, 2.45) is 0 Å². The van der Waals surface area contributed by atoms with E-state index in [9.17, 15) is 19.1 Å². The molecule has 1 aliphatic rings. The number of nitrogens with one attached hydrogen (secondary N) is 1. The fourth-order valence-electron chi connectivity index (χ4n) is 4.80. The number of carboxylic acids is 1. The highest BCUT2D eigenvalue weighted by atomic mass is 35.5. The van der Waals surface area contributed by atoms with E-state index in [2.05, 4.69) is 20.9 Å². The molecule has 1 saturated heterocycles. The van der Waals surface area contributed by atoms with Crippen LogP contribution < -0.4 is 4.74 Å². The number of ether oxygens (including phenoxy) is 1. The molecular formula is C28H26ClFN4O4. The van der Waals surface area contributed by atoms with Crippen molar-refractivity contribution in [2.45, 2.75) is 12.2 Å². The van der Waals surface area contributed by atoms with Gasteiger partial charge in [-0.1, -0.05) is 29.8 Å². The van der Waals surface area contributed by atoms with E-state index < -0.39 is 17.5 Å². The highest BCUT2D eigenvalue weighted by Gasteiger charge is 2.26. The zero-order valence-corrected chi connectivity index (χ0v) is 21.4. The van der Waals surface area contributed by atoms with Crippen molar-refractivity contribution in [3.05, 3.63) is 71.9 Å². The lowest BCUT2D eigenvalue weighted by atomic mass is 10.0. The first-order valence-electron chi connectivity index (χ1n) is 12.1.